The highest BCUT2D eigenvalue weighted by molar-refractivity contribution is 4.79. The van der Waals surface area contributed by atoms with Gasteiger partial charge in [0.15, 0.2) is 0 Å². The van der Waals surface area contributed by atoms with Crippen LogP contribution in [0.4, 0.5) is 0 Å². The molecule has 0 aromatic heterocycles. The molecule has 0 bridgehead atoms. The van der Waals surface area contributed by atoms with Crippen molar-refractivity contribution >= 4 is 0 Å². The summed E-state index contributed by atoms with van der Waals surface area (Å²) < 4.78 is 5.48. The number of rotatable bonds is 7. The standard InChI is InChI=1S/C16H34N2O2/c1-13(2)20-12-15(19)11-18-8-6-7-14(10-18)9-17-16(3,4)5/h13-15,17,19H,6-12H2,1-5H3. The van der Waals surface area contributed by atoms with Crippen LogP contribution < -0.4 is 5.32 Å². The number of ether oxygens (including phenoxy) is 1. The van der Waals surface area contributed by atoms with E-state index >= 15 is 0 Å². The molecule has 1 fully saturated rings. The van der Waals surface area contributed by atoms with Crippen LogP contribution in [-0.4, -0.2) is 60.5 Å². The zero-order chi connectivity index (χ0) is 15.2. The number of piperidine rings is 1. The highest BCUT2D eigenvalue weighted by Crippen LogP contribution is 2.17. The number of nitrogens with zero attached hydrogens (tertiary/aromatic N) is 1. The summed E-state index contributed by atoms with van der Waals surface area (Å²) in [6.07, 6.45) is 2.34. The van der Waals surface area contributed by atoms with E-state index in [1.54, 1.807) is 0 Å². The molecule has 0 saturated carbocycles. The molecule has 0 spiro atoms. The summed E-state index contributed by atoms with van der Waals surface area (Å²) in [5.41, 5.74) is 0.187. The van der Waals surface area contributed by atoms with Gasteiger partial charge in [-0.25, -0.2) is 0 Å². The lowest BCUT2D eigenvalue weighted by Gasteiger charge is -2.35. The van der Waals surface area contributed by atoms with Gasteiger partial charge in [0.2, 0.25) is 0 Å². The maximum atomic E-state index is 10.0. The molecule has 0 amide bonds. The predicted molar refractivity (Wildman–Crippen MR) is 84.0 cm³/mol. The molecule has 0 aromatic rings. The van der Waals surface area contributed by atoms with Crippen LogP contribution in [0, 0.1) is 5.92 Å². The molecule has 2 unspecified atom stereocenters. The van der Waals surface area contributed by atoms with E-state index < -0.39 is 0 Å². The minimum atomic E-state index is -0.369. The average Bonchev–Trinajstić information content (AvgIpc) is 2.34. The summed E-state index contributed by atoms with van der Waals surface area (Å²) in [5, 5.41) is 13.6. The van der Waals surface area contributed by atoms with Gasteiger partial charge >= 0.3 is 0 Å². The van der Waals surface area contributed by atoms with Gasteiger partial charge in [-0.2, -0.15) is 0 Å². The van der Waals surface area contributed by atoms with E-state index in [-0.39, 0.29) is 17.7 Å². The first-order valence-electron chi connectivity index (χ1n) is 8.03. The van der Waals surface area contributed by atoms with E-state index in [9.17, 15) is 5.11 Å². The fourth-order valence-corrected chi connectivity index (χ4v) is 2.59. The highest BCUT2D eigenvalue weighted by Gasteiger charge is 2.23. The molecule has 1 heterocycles. The van der Waals surface area contributed by atoms with Gasteiger partial charge in [-0.05, 0) is 66.5 Å². The molecular weight excluding hydrogens is 252 g/mol. The van der Waals surface area contributed by atoms with Crippen molar-refractivity contribution in [2.75, 3.05) is 32.8 Å². The van der Waals surface area contributed by atoms with Gasteiger partial charge in [0.05, 0.1) is 18.8 Å². The van der Waals surface area contributed by atoms with Gasteiger partial charge in [-0.15, -0.1) is 0 Å². The molecule has 120 valence electrons. The van der Waals surface area contributed by atoms with Crippen LogP contribution >= 0.6 is 0 Å². The summed E-state index contributed by atoms with van der Waals surface area (Å²) >= 11 is 0. The van der Waals surface area contributed by atoms with E-state index in [0.29, 0.717) is 12.5 Å². The van der Waals surface area contributed by atoms with Gasteiger partial charge in [0.25, 0.3) is 0 Å². The minimum Gasteiger partial charge on any atom is -0.389 e. The van der Waals surface area contributed by atoms with Crippen molar-refractivity contribution in [2.24, 2.45) is 5.92 Å². The van der Waals surface area contributed by atoms with Crippen LogP contribution in [0.25, 0.3) is 0 Å². The molecule has 4 nitrogen and oxygen atoms in total. The molecule has 1 aliphatic rings. The van der Waals surface area contributed by atoms with Crippen molar-refractivity contribution < 1.29 is 9.84 Å². The summed E-state index contributed by atoms with van der Waals surface area (Å²) in [7, 11) is 0. The number of likely N-dealkylation sites (tertiary alicyclic amines) is 1. The second-order valence-electron chi connectivity index (χ2n) is 7.43. The highest BCUT2D eigenvalue weighted by atomic mass is 16.5. The van der Waals surface area contributed by atoms with E-state index in [2.05, 4.69) is 31.0 Å². The van der Waals surface area contributed by atoms with Crippen LogP contribution in [0.1, 0.15) is 47.5 Å². The van der Waals surface area contributed by atoms with Gasteiger partial charge in [-0.3, -0.25) is 0 Å². The smallest absolute Gasteiger partial charge is 0.0900 e. The first kappa shape index (κ1) is 17.9. The zero-order valence-corrected chi connectivity index (χ0v) is 14.0. The van der Waals surface area contributed by atoms with E-state index in [4.69, 9.17) is 4.74 Å². The molecule has 1 rings (SSSR count). The third-order valence-electron chi connectivity index (χ3n) is 3.62. The lowest BCUT2D eigenvalue weighted by Crippen LogP contribution is -2.46. The van der Waals surface area contributed by atoms with Crippen molar-refractivity contribution in [1.82, 2.24) is 10.2 Å². The first-order chi connectivity index (χ1) is 9.26. The quantitative estimate of drug-likeness (QED) is 0.750. The first-order valence-corrected chi connectivity index (χ1v) is 8.03. The third-order valence-corrected chi connectivity index (χ3v) is 3.62. The zero-order valence-electron chi connectivity index (χ0n) is 14.0. The summed E-state index contributed by atoms with van der Waals surface area (Å²) in [6, 6.07) is 0. The van der Waals surface area contributed by atoms with E-state index in [1.165, 1.54) is 12.8 Å². The normalized spacial score (nSPS) is 23.2. The van der Waals surface area contributed by atoms with Crippen LogP contribution in [0.3, 0.4) is 0 Å². The fraction of sp³-hybridized carbons (Fsp3) is 1.00. The molecule has 20 heavy (non-hydrogen) atoms. The van der Waals surface area contributed by atoms with E-state index in [0.717, 1.165) is 26.2 Å². The molecule has 2 N–H and O–H groups in total. The van der Waals surface area contributed by atoms with Gasteiger partial charge in [0.1, 0.15) is 0 Å². The predicted octanol–water partition coefficient (Wildman–Crippen LogP) is 1.87. The molecule has 2 atom stereocenters. The minimum absolute atomic E-state index is 0.187. The van der Waals surface area contributed by atoms with Crippen LogP contribution in [0.2, 0.25) is 0 Å². The monoisotopic (exact) mass is 286 g/mol. The maximum Gasteiger partial charge on any atom is 0.0900 e. The Bertz CT molecular complexity index is 264. The molecule has 0 aliphatic carbocycles. The molecule has 0 aromatic carbocycles. The Hall–Kier alpha value is -0.160. The molecule has 1 aliphatic heterocycles. The molecular formula is C16H34N2O2. The topological polar surface area (TPSA) is 44.7 Å². The summed E-state index contributed by atoms with van der Waals surface area (Å²) in [4.78, 5) is 2.38. The number of β-amino-alcohol motifs (C(OH)–C–C–N with tert-alkyl or cyclic N) is 1. The van der Waals surface area contributed by atoms with Crippen molar-refractivity contribution in [3.8, 4) is 0 Å². The van der Waals surface area contributed by atoms with Crippen LogP contribution in [0.15, 0.2) is 0 Å². The number of aliphatic hydroxyl groups excluding tert-OH is 1. The second-order valence-corrected chi connectivity index (χ2v) is 7.43. The number of hydrogen-bond acceptors (Lipinski definition) is 4. The van der Waals surface area contributed by atoms with Crippen molar-refractivity contribution in [3.63, 3.8) is 0 Å². The Morgan fingerprint density at radius 2 is 2.05 bits per heavy atom. The number of aliphatic hydroxyl groups is 1. The third kappa shape index (κ3) is 8.20. The average molecular weight is 286 g/mol. The lowest BCUT2D eigenvalue weighted by molar-refractivity contribution is -0.0136. The van der Waals surface area contributed by atoms with Gasteiger partial charge < -0.3 is 20.1 Å². The van der Waals surface area contributed by atoms with Crippen LogP contribution in [0.5, 0.6) is 0 Å². The number of hydrogen-bond donors (Lipinski definition) is 2. The SMILES string of the molecule is CC(C)OCC(O)CN1CCCC(CNC(C)(C)C)C1. The Morgan fingerprint density at radius 1 is 1.35 bits per heavy atom. The van der Waals surface area contributed by atoms with Crippen molar-refractivity contribution in [3.05, 3.63) is 0 Å². The Balaban J connectivity index is 2.26. The molecule has 0 radical (unpaired) electrons. The maximum absolute atomic E-state index is 10.0. The number of nitrogens with one attached hydrogen (secondary N) is 1. The van der Waals surface area contributed by atoms with E-state index in [1.807, 2.05) is 13.8 Å². The Morgan fingerprint density at radius 3 is 2.65 bits per heavy atom. The Kier molecular flexibility index (Phi) is 7.45. The lowest BCUT2D eigenvalue weighted by atomic mass is 9.96. The van der Waals surface area contributed by atoms with Gasteiger partial charge in [0, 0.05) is 18.6 Å². The van der Waals surface area contributed by atoms with Crippen molar-refractivity contribution in [1.29, 1.82) is 0 Å². The van der Waals surface area contributed by atoms with Crippen molar-refractivity contribution in [2.45, 2.75) is 65.2 Å². The largest absolute Gasteiger partial charge is 0.389 e. The van der Waals surface area contributed by atoms with Crippen LogP contribution in [-0.2, 0) is 4.74 Å². The fourth-order valence-electron chi connectivity index (χ4n) is 2.59. The summed E-state index contributed by atoms with van der Waals surface area (Å²) in [5.74, 6) is 0.696. The Labute approximate surface area is 124 Å². The molecule has 4 heteroatoms. The molecule has 1 saturated heterocycles. The van der Waals surface area contributed by atoms with Gasteiger partial charge in [-0.1, -0.05) is 0 Å². The second kappa shape index (κ2) is 8.32. The summed E-state index contributed by atoms with van der Waals surface area (Å²) in [6.45, 7) is 15.1.